The van der Waals surface area contributed by atoms with E-state index in [0.717, 1.165) is 23.4 Å². The van der Waals surface area contributed by atoms with E-state index in [4.69, 9.17) is 5.73 Å². The van der Waals surface area contributed by atoms with Crippen LogP contribution in [-0.2, 0) is 6.54 Å². The van der Waals surface area contributed by atoms with Gasteiger partial charge in [0, 0.05) is 12.2 Å². The Morgan fingerprint density at radius 1 is 1.14 bits per heavy atom. The molecule has 1 aliphatic heterocycles. The quantitative estimate of drug-likeness (QED) is 0.701. The second kappa shape index (κ2) is 4.84. The van der Waals surface area contributed by atoms with Gasteiger partial charge in [-0.15, -0.1) is 0 Å². The van der Waals surface area contributed by atoms with Gasteiger partial charge in [0.15, 0.2) is 0 Å². The average molecular weight is 289 g/mol. The normalized spacial score (nSPS) is 15.4. The Balaban J connectivity index is 1.93. The summed E-state index contributed by atoms with van der Waals surface area (Å²) in [6.07, 6.45) is 2.92. The van der Waals surface area contributed by atoms with Crippen LogP contribution in [0.2, 0.25) is 0 Å². The van der Waals surface area contributed by atoms with Gasteiger partial charge in [-0.25, -0.2) is 4.98 Å². The zero-order chi connectivity index (χ0) is 15.1. The van der Waals surface area contributed by atoms with E-state index in [2.05, 4.69) is 11.1 Å². The van der Waals surface area contributed by atoms with Crippen molar-refractivity contribution in [3.63, 3.8) is 0 Å². The lowest BCUT2D eigenvalue weighted by molar-refractivity contribution is 0.725. The van der Waals surface area contributed by atoms with Gasteiger partial charge in [-0.1, -0.05) is 30.3 Å². The summed E-state index contributed by atoms with van der Waals surface area (Å²) in [5.74, 6) is 0.756. The Bertz CT molecular complexity index is 955. The summed E-state index contributed by atoms with van der Waals surface area (Å²) in [6, 6.07) is 15.4. The Morgan fingerprint density at radius 3 is 2.77 bits per heavy atom. The van der Waals surface area contributed by atoms with Crippen LogP contribution in [0.3, 0.4) is 0 Å². The molecule has 0 atom stereocenters. The summed E-state index contributed by atoms with van der Waals surface area (Å²) in [6.45, 7) is 0.681. The highest BCUT2D eigenvalue weighted by atomic mass is 16.1. The first kappa shape index (κ1) is 12.8. The first-order valence-electron chi connectivity index (χ1n) is 7.28. The summed E-state index contributed by atoms with van der Waals surface area (Å²) in [7, 11) is 0. The van der Waals surface area contributed by atoms with Gasteiger partial charge in [0.25, 0.3) is 5.56 Å². The maximum absolute atomic E-state index is 12.6. The molecule has 4 heteroatoms. The molecule has 0 aliphatic carbocycles. The fourth-order valence-electron chi connectivity index (χ4n) is 2.92. The molecular formula is C18H15N3O. The van der Waals surface area contributed by atoms with E-state index in [9.17, 15) is 4.79 Å². The minimum Gasteiger partial charge on any atom is -0.399 e. The van der Waals surface area contributed by atoms with E-state index in [1.54, 1.807) is 22.8 Å². The summed E-state index contributed by atoms with van der Waals surface area (Å²) in [5.41, 5.74) is 9.32. The van der Waals surface area contributed by atoms with Crippen LogP contribution in [-0.4, -0.2) is 9.55 Å². The molecule has 1 aliphatic rings. The SMILES string of the molecule is Nc1ccc2c(=O)n3c(nc2c1)C(=Cc1ccccc1)CC3. The number of aromatic nitrogens is 2. The van der Waals surface area contributed by atoms with Crippen LogP contribution >= 0.6 is 0 Å². The van der Waals surface area contributed by atoms with E-state index < -0.39 is 0 Å². The number of nitrogens with two attached hydrogens (primary N) is 1. The third kappa shape index (κ3) is 2.00. The molecule has 1 aromatic heterocycles. The monoisotopic (exact) mass is 289 g/mol. The van der Waals surface area contributed by atoms with E-state index >= 15 is 0 Å². The second-order valence-corrected chi connectivity index (χ2v) is 5.50. The van der Waals surface area contributed by atoms with Crippen molar-refractivity contribution in [2.24, 2.45) is 0 Å². The van der Waals surface area contributed by atoms with E-state index in [-0.39, 0.29) is 5.56 Å². The molecule has 0 bridgehead atoms. The minimum atomic E-state index is 0.0106. The molecule has 0 radical (unpaired) electrons. The Kier molecular flexibility index (Phi) is 2.82. The molecule has 0 unspecified atom stereocenters. The molecule has 22 heavy (non-hydrogen) atoms. The van der Waals surface area contributed by atoms with Crippen LogP contribution in [0.25, 0.3) is 22.6 Å². The van der Waals surface area contributed by atoms with Gasteiger partial charge < -0.3 is 5.73 Å². The maximum atomic E-state index is 12.6. The van der Waals surface area contributed by atoms with E-state index in [0.29, 0.717) is 23.1 Å². The van der Waals surface area contributed by atoms with Crippen LogP contribution < -0.4 is 11.3 Å². The van der Waals surface area contributed by atoms with Crippen LogP contribution in [0.4, 0.5) is 5.69 Å². The fraction of sp³-hybridized carbons (Fsp3) is 0.111. The molecule has 0 saturated heterocycles. The summed E-state index contributed by atoms with van der Waals surface area (Å²) >= 11 is 0. The first-order valence-corrected chi connectivity index (χ1v) is 7.28. The first-order chi connectivity index (χ1) is 10.7. The predicted octanol–water partition coefficient (Wildman–Crippen LogP) is 2.92. The van der Waals surface area contributed by atoms with Gasteiger partial charge in [0.1, 0.15) is 5.82 Å². The molecule has 0 spiro atoms. The van der Waals surface area contributed by atoms with Crippen molar-refractivity contribution >= 4 is 28.2 Å². The van der Waals surface area contributed by atoms with Gasteiger partial charge in [-0.3, -0.25) is 9.36 Å². The van der Waals surface area contributed by atoms with Gasteiger partial charge in [0.2, 0.25) is 0 Å². The van der Waals surface area contributed by atoms with Crippen LogP contribution in [0.1, 0.15) is 17.8 Å². The molecule has 3 aromatic rings. The third-order valence-electron chi connectivity index (χ3n) is 4.01. The largest absolute Gasteiger partial charge is 0.399 e. The number of hydrogen-bond donors (Lipinski definition) is 1. The average Bonchev–Trinajstić information content (AvgIpc) is 2.91. The summed E-state index contributed by atoms with van der Waals surface area (Å²) in [4.78, 5) is 17.3. The van der Waals surface area contributed by atoms with Gasteiger partial charge in [-0.05, 0) is 41.8 Å². The lowest BCUT2D eigenvalue weighted by Crippen LogP contribution is -2.20. The number of fused-ring (bicyclic) bond motifs is 2. The fourth-order valence-corrected chi connectivity index (χ4v) is 2.92. The number of nitrogens with zero attached hydrogens (tertiary/aromatic N) is 2. The van der Waals surface area contributed by atoms with Crippen molar-refractivity contribution in [3.8, 4) is 0 Å². The molecule has 2 heterocycles. The number of rotatable bonds is 1. The van der Waals surface area contributed by atoms with Crippen LogP contribution in [0, 0.1) is 0 Å². The Hall–Kier alpha value is -2.88. The minimum absolute atomic E-state index is 0.0106. The van der Waals surface area contributed by atoms with Gasteiger partial charge in [-0.2, -0.15) is 0 Å². The summed E-state index contributed by atoms with van der Waals surface area (Å²) < 4.78 is 1.76. The Morgan fingerprint density at radius 2 is 1.95 bits per heavy atom. The molecule has 108 valence electrons. The third-order valence-corrected chi connectivity index (χ3v) is 4.01. The molecule has 0 saturated carbocycles. The standard InChI is InChI=1S/C18H15N3O/c19-14-6-7-15-16(11-14)20-17-13(8-9-21(17)18(15)22)10-12-4-2-1-3-5-12/h1-7,10-11H,8-9,19H2. The number of anilines is 1. The molecule has 2 N–H and O–H groups in total. The van der Waals surface area contributed by atoms with Crippen molar-refractivity contribution in [2.45, 2.75) is 13.0 Å². The van der Waals surface area contributed by atoms with E-state index in [1.807, 2.05) is 30.3 Å². The molecule has 0 amide bonds. The van der Waals surface area contributed by atoms with Crippen molar-refractivity contribution in [1.29, 1.82) is 0 Å². The number of nitrogen functional groups attached to an aromatic ring is 1. The highest BCUT2D eigenvalue weighted by Gasteiger charge is 2.20. The number of allylic oxidation sites excluding steroid dienone is 1. The molecule has 4 rings (SSSR count). The number of benzene rings is 2. The van der Waals surface area contributed by atoms with Crippen molar-refractivity contribution in [2.75, 3.05) is 5.73 Å². The molecule has 2 aromatic carbocycles. The molecular weight excluding hydrogens is 274 g/mol. The van der Waals surface area contributed by atoms with E-state index in [1.165, 1.54) is 0 Å². The smallest absolute Gasteiger partial charge is 0.261 e. The maximum Gasteiger partial charge on any atom is 0.261 e. The van der Waals surface area contributed by atoms with Crippen LogP contribution in [0.5, 0.6) is 0 Å². The highest BCUT2D eigenvalue weighted by molar-refractivity contribution is 5.86. The van der Waals surface area contributed by atoms with Crippen molar-refractivity contribution in [1.82, 2.24) is 9.55 Å². The van der Waals surface area contributed by atoms with Gasteiger partial charge >= 0.3 is 0 Å². The van der Waals surface area contributed by atoms with Crippen LogP contribution in [0.15, 0.2) is 53.3 Å². The topological polar surface area (TPSA) is 60.9 Å². The zero-order valence-electron chi connectivity index (χ0n) is 12.0. The van der Waals surface area contributed by atoms with Crippen molar-refractivity contribution in [3.05, 3.63) is 70.3 Å². The summed E-state index contributed by atoms with van der Waals surface area (Å²) in [5, 5.41) is 0.624. The number of hydrogen-bond acceptors (Lipinski definition) is 3. The lowest BCUT2D eigenvalue weighted by atomic mass is 10.1. The lowest BCUT2D eigenvalue weighted by Gasteiger charge is -2.06. The van der Waals surface area contributed by atoms with Crippen molar-refractivity contribution < 1.29 is 0 Å². The highest BCUT2D eigenvalue weighted by Crippen LogP contribution is 2.27. The zero-order valence-corrected chi connectivity index (χ0v) is 12.0. The molecule has 4 nitrogen and oxygen atoms in total. The van der Waals surface area contributed by atoms with Gasteiger partial charge in [0.05, 0.1) is 10.9 Å². The second-order valence-electron chi connectivity index (χ2n) is 5.50. The molecule has 0 fully saturated rings. The Labute approximate surface area is 127 Å². The predicted molar refractivity (Wildman–Crippen MR) is 89.3 cm³/mol.